The lowest BCUT2D eigenvalue weighted by atomic mass is 10.1. The zero-order chi connectivity index (χ0) is 17.6. The van der Waals surface area contributed by atoms with Gasteiger partial charge in [0.2, 0.25) is 0 Å². The van der Waals surface area contributed by atoms with E-state index in [-0.39, 0.29) is 5.91 Å². The molecular formula is C20H17BrN2O2. The minimum absolute atomic E-state index is 0.114. The van der Waals surface area contributed by atoms with Crippen LogP contribution in [0.25, 0.3) is 11.3 Å². The van der Waals surface area contributed by atoms with Crippen molar-refractivity contribution in [3.05, 3.63) is 82.5 Å². The molecule has 1 amide bonds. The Kier molecular flexibility index (Phi) is 5.46. The van der Waals surface area contributed by atoms with E-state index < -0.39 is 0 Å². The van der Waals surface area contributed by atoms with Gasteiger partial charge in [-0.25, -0.2) is 0 Å². The highest BCUT2D eigenvalue weighted by molar-refractivity contribution is 9.10. The summed E-state index contributed by atoms with van der Waals surface area (Å²) in [6.07, 6.45) is 1.75. The lowest BCUT2D eigenvalue weighted by Gasteiger charge is -2.11. The van der Waals surface area contributed by atoms with Gasteiger partial charge < -0.3 is 10.1 Å². The number of aromatic nitrogens is 1. The first kappa shape index (κ1) is 17.2. The van der Waals surface area contributed by atoms with Crippen molar-refractivity contribution in [3.8, 4) is 17.0 Å². The molecule has 0 bridgehead atoms. The molecule has 0 aliphatic carbocycles. The van der Waals surface area contributed by atoms with Crippen LogP contribution in [-0.2, 0) is 6.54 Å². The number of halogens is 1. The van der Waals surface area contributed by atoms with E-state index in [2.05, 4.69) is 26.2 Å². The van der Waals surface area contributed by atoms with Crippen molar-refractivity contribution < 1.29 is 9.53 Å². The molecule has 4 nitrogen and oxygen atoms in total. The predicted octanol–water partition coefficient (Wildman–Crippen LogP) is 4.45. The smallest absolute Gasteiger partial charge is 0.251 e. The summed E-state index contributed by atoms with van der Waals surface area (Å²) in [5.74, 6) is 0.682. The highest BCUT2D eigenvalue weighted by Crippen LogP contribution is 2.23. The topological polar surface area (TPSA) is 51.2 Å². The van der Waals surface area contributed by atoms with Gasteiger partial charge in [0.05, 0.1) is 12.8 Å². The second-order valence-corrected chi connectivity index (χ2v) is 6.34. The van der Waals surface area contributed by atoms with E-state index in [0.717, 1.165) is 27.0 Å². The van der Waals surface area contributed by atoms with Gasteiger partial charge in [-0.3, -0.25) is 9.78 Å². The Hall–Kier alpha value is -2.66. The molecule has 3 aromatic rings. The summed E-state index contributed by atoms with van der Waals surface area (Å²) in [4.78, 5) is 16.8. The Labute approximate surface area is 155 Å². The van der Waals surface area contributed by atoms with Gasteiger partial charge in [0.15, 0.2) is 0 Å². The van der Waals surface area contributed by atoms with E-state index in [4.69, 9.17) is 4.74 Å². The van der Waals surface area contributed by atoms with Crippen LogP contribution in [0.2, 0.25) is 0 Å². The van der Waals surface area contributed by atoms with Crippen LogP contribution in [0.3, 0.4) is 0 Å². The number of rotatable bonds is 5. The monoisotopic (exact) mass is 396 g/mol. The molecule has 1 N–H and O–H groups in total. The Balaban J connectivity index is 1.76. The van der Waals surface area contributed by atoms with Gasteiger partial charge in [0, 0.05) is 28.3 Å². The number of amides is 1. The van der Waals surface area contributed by atoms with Gasteiger partial charge in [-0.1, -0.05) is 22.0 Å². The van der Waals surface area contributed by atoms with Crippen molar-refractivity contribution in [2.24, 2.45) is 0 Å². The first-order chi connectivity index (χ1) is 12.2. The maximum absolute atomic E-state index is 12.3. The number of hydrogen-bond acceptors (Lipinski definition) is 3. The number of nitrogens with one attached hydrogen (secondary N) is 1. The lowest BCUT2D eigenvalue weighted by Crippen LogP contribution is -2.23. The first-order valence-electron chi connectivity index (χ1n) is 7.79. The highest BCUT2D eigenvalue weighted by Gasteiger charge is 2.09. The number of benzene rings is 2. The number of ether oxygens (including phenoxy) is 1. The van der Waals surface area contributed by atoms with Crippen LogP contribution in [0.4, 0.5) is 0 Å². The SMILES string of the molecule is COc1ccc(-c2ncccc2CNC(=O)c2ccc(Br)cc2)cc1. The molecule has 126 valence electrons. The average Bonchev–Trinajstić information content (AvgIpc) is 2.67. The fraction of sp³-hybridized carbons (Fsp3) is 0.100. The van der Waals surface area contributed by atoms with Gasteiger partial charge in [-0.2, -0.15) is 0 Å². The molecule has 1 aromatic heterocycles. The molecule has 0 saturated carbocycles. The van der Waals surface area contributed by atoms with Crippen molar-refractivity contribution in [3.63, 3.8) is 0 Å². The third-order valence-corrected chi connectivity index (χ3v) is 4.33. The van der Waals surface area contributed by atoms with Crippen LogP contribution < -0.4 is 10.1 Å². The summed E-state index contributed by atoms with van der Waals surface area (Å²) < 4.78 is 6.13. The van der Waals surface area contributed by atoms with Crippen LogP contribution in [-0.4, -0.2) is 18.0 Å². The van der Waals surface area contributed by atoms with Crippen molar-refractivity contribution in [2.45, 2.75) is 6.54 Å². The summed E-state index contributed by atoms with van der Waals surface area (Å²) in [6.45, 7) is 0.407. The number of nitrogens with zero attached hydrogens (tertiary/aromatic N) is 1. The summed E-state index contributed by atoms with van der Waals surface area (Å²) >= 11 is 3.37. The molecule has 2 aromatic carbocycles. The van der Waals surface area contributed by atoms with Gasteiger partial charge >= 0.3 is 0 Å². The Morgan fingerprint density at radius 2 is 1.80 bits per heavy atom. The molecule has 25 heavy (non-hydrogen) atoms. The van der Waals surface area contributed by atoms with E-state index in [1.165, 1.54) is 0 Å². The largest absolute Gasteiger partial charge is 0.497 e. The molecule has 1 heterocycles. The molecule has 0 aliphatic heterocycles. The van der Waals surface area contributed by atoms with E-state index in [0.29, 0.717) is 12.1 Å². The Morgan fingerprint density at radius 1 is 1.08 bits per heavy atom. The van der Waals surface area contributed by atoms with Gasteiger partial charge in [0.1, 0.15) is 5.75 Å². The minimum Gasteiger partial charge on any atom is -0.497 e. The Bertz CT molecular complexity index is 862. The van der Waals surface area contributed by atoms with Gasteiger partial charge in [-0.15, -0.1) is 0 Å². The standard InChI is InChI=1S/C20H17BrN2O2/c1-25-18-10-6-14(7-11-18)19-16(3-2-12-22-19)13-23-20(24)15-4-8-17(21)9-5-15/h2-12H,13H2,1H3,(H,23,24). The van der Waals surface area contributed by atoms with Crippen LogP contribution in [0.15, 0.2) is 71.3 Å². The van der Waals surface area contributed by atoms with Crippen LogP contribution in [0.5, 0.6) is 5.75 Å². The fourth-order valence-electron chi connectivity index (χ4n) is 2.47. The second kappa shape index (κ2) is 7.94. The molecule has 0 spiro atoms. The lowest BCUT2D eigenvalue weighted by molar-refractivity contribution is 0.0951. The molecule has 0 saturated heterocycles. The zero-order valence-corrected chi connectivity index (χ0v) is 15.3. The van der Waals surface area contributed by atoms with Crippen molar-refractivity contribution >= 4 is 21.8 Å². The highest BCUT2D eigenvalue weighted by atomic mass is 79.9. The van der Waals surface area contributed by atoms with Crippen molar-refractivity contribution in [1.82, 2.24) is 10.3 Å². The van der Waals surface area contributed by atoms with Crippen LogP contribution >= 0.6 is 15.9 Å². The number of methoxy groups -OCH3 is 1. The third kappa shape index (κ3) is 4.25. The molecule has 0 unspecified atom stereocenters. The van der Waals surface area contributed by atoms with Gasteiger partial charge in [-0.05, 0) is 60.2 Å². The number of carbonyl (C=O) groups excluding carboxylic acids is 1. The quantitative estimate of drug-likeness (QED) is 0.692. The van der Waals surface area contributed by atoms with Crippen molar-refractivity contribution in [1.29, 1.82) is 0 Å². The van der Waals surface area contributed by atoms with Crippen LogP contribution in [0, 0.1) is 0 Å². The van der Waals surface area contributed by atoms with E-state index in [1.54, 1.807) is 25.4 Å². The molecular weight excluding hydrogens is 380 g/mol. The number of pyridine rings is 1. The molecule has 3 rings (SSSR count). The maximum atomic E-state index is 12.3. The molecule has 0 radical (unpaired) electrons. The van der Waals surface area contributed by atoms with E-state index >= 15 is 0 Å². The maximum Gasteiger partial charge on any atom is 0.251 e. The normalized spacial score (nSPS) is 10.3. The summed E-state index contributed by atoms with van der Waals surface area (Å²) in [7, 11) is 1.64. The third-order valence-electron chi connectivity index (χ3n) is 3.80. The summed E-state index contributed by atoms with van der Waals surface area (Å²) in [5, 5.41) is 2.95. The first-order valence-corrected chi connectivity index (χ1v) is 8.59. The second-order valence-electron chi connectivity index (χ2n) is 5.43. The predicted molar refractivity (Wildman–Crippen MR) is 102 cm³/mol. The van der Waals surface area contributed by atoms with Gasteiger partial charge in [0.25, 0.3) is 5.91 Å². The summed E-state index contributed by atoms with van der Waals surface area (Å²) in [5.41, 5.74) is 3.41. The minimum atomic E-state index is -0.114. The molecule has 0 aliphatic rings. The summed E-state index contributed by atoms with van der Waals surface area (Å²) in [6, 6.07) is 18.8. The van der Waals surface area contributed by atoms with Crippen molar-refractivity contribution in [2.75, 3.05) is 7.11 Å². The average molecular weight is 397 g/mol. The molecule has 0 atom stereocenters. The number of carbonyl (C=O) groups is 1. The molecule has 5 heteroatoms. The molecule has 0 fully saturated rings. The van der Waals surface area contributed by atoms with E-state index in [1.807, 2.05) is 48.5 Å². The van der Waals surface area contributed by atoms with Crippen LogP contribution in [0.1, 0.15) is 15.9 Å². The Morgan fingerprint density at radius 3 is 2.48 bits per heavy atom. The zero-order valence-electron chi connectivity index (χ0n) is 13.7. The fourth-order valence-corrected chi connectivity index (χ4v) is 2.73. The number of hydrogen-bond donors (Lipinski definition) is 1. The van der Waals surface area contributed by atoms with E-state index in [9.17, 15) is 4.79 Å².